The Morgan fingerprint density at radius 1 is 1.03 bits per heavy atom. The molecule has 2 atom stereocenters. The number of hydrogen-bond donors (Lipinski definition) is 0. The summed E-state index contributed by atoms with van der Waals surface area (Å²) < 4.78 is 5.50. The Morgan fingerprint density at radius 3 is 2.50 bits per heavy atom. The summed E-state index contributed by atoms with van der Waals surface area (Å²) in [6.45, 7) is 6.38. The molecular formula is C25H26N2O2S. The molecule has 0 radical (unpaired) electrons. The minimum atomic E-state index is -0.159. The van der Waals surface area contributed by atoms with Crippen LogP contribution in [0.2, 0.25) is 0 Å². The van der Waals surface area contributed by atoms with Crippen LogP contribution in [-0.2, 0) is 0 Å². The van der Waals surface area contributed by atoms with Gasteiger partial charge in [0, 0.05) is 16.7 Å². The molecule has 0 fully saturated rings. The molecule has 30 heavy (non-hydrogen) atoms. The number of para-hydroxylation sites is 1. The quantitative estimate of drug-likeness (QED) is 0.512. The molecule has 1 aliphatic heterocycles. The molecule has 0 bridgehead atoms. The number of nitrogens with zero attached hydrogens (tertiary/aromatic N) is 2. The zero-order chi connectivity index (χ0) is 21.3. The second kappa shape index (κ2) is 8.52. The van der Waals surface area contributed by atoms with Crippen molar-refractivity contribution in [1.29, 1.82) is 0 Å². The van der Waals surface area contributed by atoms with E-state index in [1.807, 2.05) is 48.7 Å². The van der Waals surface area contributed by atoms with Gasteiger partial charge in [-0.25, -0.2) is 0 Å². The van der Waals surface area contributed by atoms with Gasteiger partial charge in [-0.15, -0.1) is 0 Å². The average molecular weight is 419 g/mol. The lowest BCUT2D eigenvalue weighted by molar-refractivity contribution is 0.410. The SMILES string of the molecule is COc1cc(C(C)C)ccc(C2Sc3ccccc3N2C(C)c2ccccn2)c1=O. The summed E-state index contributed by atoms with van der Waals surface area (Å²) in [6, 6.07) is 20.2. The molecule has 5 heteroatoms. The summed E-state index contributed by atoms with van der Waals surface area (Å²) >= 11 is 1.71. The third kappa shape index (κ3) is 3.70. The molecule has 0 saturated heterocycles. The molecule has 2 heterocycles. The summed E-state index contributed by atoms with van der Waals surface area (Å²) in [7, 11) is 1.56. The van der Waals surface area contributed by atoms with Gasteiger partial charge < -0.3 is 9.64 Å². The van der Waals surface area contributed by atoms with Crippen molar-refractivity contribution in [3.63, 3.8) is 0 Å². The van der Waals surface area contributed by atoms with Crippen molar-refractivity contribution in [2.75, 3.05) is 12.0 Å². The average Bonchev–Trinajstić information content (AvgIpc) is 3.05. The van der Waals surface area contributed by atoms with Gasteiger partial charge in [0.05, 0.1) is 24.5 Å². The van der Waals surface area contributed by atoms with E-state index in [9.17, 15) is 4.79 Å². The zero-order valence-corrected chi connectivity index (χ0v) is 18.5. The maximum atomic E-state index is 13.4. The van der Waals surface area contributed by atoms with Crippen LogP contribution in [0.5, 0.6) is 5.75 Å². The number of pyridine rings is 1. The highest BCUT2D eigenvalue weighted by Gasteiger charge is 2.36. The van der Waals surface area contributed by atoms with Gasteiger partial charge in [-0.1, -0.05) is 55.9 Å². The van der Waals surface area contributed by atoms with Crippen LogP contribution in [0.4, 0.5) is 5.69 Å². The first kappa shape index (κ1) is 20.5. The van der Waals surface area contributed by atoms with Crippen molar-refractivity contribution in [1.82, 2.24) is 4.98 Å². The van der Waals surface area contributed by atoms with E-state index in [0.717, 1.165) is 22.5 Å². The van der Waals surface area contributed by atoms with E-state index in [2.05, 4.69) is 48.9 Å². The molecule has 3 aromatic rings. The monoisotopic (exact) mass is 418 g/mol. The molecule has 4 rings (SSSR count). The maximum absolute atomic E-state index is 13.4. The van der Waals surface area contributed by atoms with Crippen molar-refractivity contribution < 1.29 is 4.74 Å². The predicted molar refractivity (Wildman–Crippen MR) is 124 cm³/mol. The molecule has 0 N–H and O–H groups in total. The Hall–Kier alpha value is -2.79. The van der Waals surface area contributed by atoms with Gasteiger partial charge in [0.1, 0.15) is 5.37 Å². The number of anilines is 1. The number of fused-ring (bicyclic) bond motifs is 1. The number of ether oxygens (including phenoxy) is 1. The molecule has 2 aromatic carbocycles. The first-order valence-electron chi connectivity index (χ1n) is 10.2. The van der Waals surface area contributed by atoms with Crippen LogP contribution in [0.25, 0.3) is 0 Å². The molecule has 154 valence electrons. The second-order valence-electron chi connectivity index (χ2n) is 7.76. The van der Waals surface area contributed by atoms with Crippen LogP contribution in [-0.4, -0.2) is 12.1 Å². The topological polar surface area (TPSA) is 42.4 Å². The van der Waals surface area contributed by atoms with E-state index in [4.69, 9.17) is 4.74 Å². The highest BCUT2D eigenvalue weighted by molar-refractivity contribution is 8.00. The molecule has 4 nitrogen and oxygen atoms in total. The van der Waals surface area contributed by atoms with Crippen molar-refractivity contribution in [2.45, 2.75) is 43.0 Å². The van der Waals surface area contributed by atoms with Crippen LogP contribution in [0.1, 0.15) is 54.9 Å². The minimum absolute atomic E-state index is 0.00725. The summed E-state index contributed by atoms with van der Waals surface area (Å²) in [4.78, 5) is 21.5. The molecule has 1 aromatic heterocycles. The second-order valence-corrected chi connectivity index (χ2v) is 8.88. The maximum Gasteiger partial charge on any atom is 0.226 e. The van der Waals surface area contributed by atoms with Crippen molar-refractivity contribution in [2.24, 2.45) is 0 Å². The number of rotatable bonds is 5. The van der Waals surface area contributed by atoms with Gasteiger partial charge in [0.25, 0.3) is 0 Å². The van der Waals surface area contributed by atoms with Gasteiger partial charge in [-0.3, -0.25) is 9.78 Å². The van der Waals surface area contributed by atoms with Crippen LogP contribution in [0, 0.1) is 0 Å². The Kier molecular flexibility index (Phi) is 5.82. The number of benzene rings is 1. The van der Waals surface area contributed by atoms with E-state index >= 15 is 0 Å². The largest absolute Gasteiger partial charge is 0.493 e. The molecule has 0 saturated carbocycles. The molecule has 2 unspecified atom stereocenters. The summed E-state index contributed by atoms with van der Waals surface area (Å²) in [5.41, 5.74) is 3.85. The number of thioether (sulfide) groups is 1. The van der Waals surface area contributed by atoms with E-state index in [1.165, 1.54) is 4.90 Å². The van der Waals surface area contributed by atoms with E-state index in [1.54, 1.807) is 18.9 Å². The van der Waals surface area contributed by atoms with Gasteiger partial charge in [-0.2, -0.15) is 0 Å². The summed E-state index contributed by atoms with van der Waals surface area (Å²) in [5.74, 6) is 0.691. The van der Waals surface area contributed by atoms with Crippen molar-refractivity contribution in [3.8, 4) is 5.75 Å². The van der Waals surface area contributed by atoms with E-state index in [0.29, 0.717) is 11.7 Å². The number of methoxy groups -OCH3 is 1. The molecule has 0 aliphatic carbocycles. The Bertz CT molecular complexity index is 1100. The van der Waals surface area contributed by atoms with Crippen LogP contribution in [0.15, 0.2) is 76.6 Å². The fourth-order valence-corrected chi connectivity index (χ4v) is 5.25. The fraction of sp³-hybridized carbons (Fsp3) is 0.280. The summed E-state index contributed by atoms with van der Waals surface area (Å²) in [5, 5.41) is -0.159. The van der Waals surface area contributed by atoms with Crippen molar-refractivity contribution >= 4 is 17.4 Å². The third-order valence-electron chi connectivity index (χ3n) is 5.56. The van der Waals surface area contributed by atoms with Gasteiger partial charge >= 0.3 is 0 Å². The molecule has 0 spiro atoms. The third-order valence-corrected chi connectivity index (χ3v) is 6.86. The van der Waals surface area contributed by atoms with Crippen LogP contribution < -0.4 is 15.1 Å². The van der Waals surface area contributed by atoms with Gasteiger partial charge in [0.15, 0.2) is 5.75 Å². The lowest BCUT2D eigenvalue weighted by Gasteiger charge is -2.32. The lowest BCUT2D eigenvalue weighted by Crippen LogP contribution is -2.30. The Labute approximate surface area is 181 Å². The smallest absolute Gasteiger partial charge is 0.226 e. The Balaban J connectivity index is 1.87. The van der Waals surface area contributed by atoms with E-state index < -0.39 is 0 Å². The van der Waals surface area contributed by atoms with Crippen molar-refractivity contribution in [3.05, 3.63) is 93.9 Å². The molecule has 0 amide bonds. The van der Waals surface area contributed by atoms with Crippen LogP contribution >= 0.6 is 11.8 Å². The summed E-state index contributed by atoms with van der Waals surface area (Å²) in [6.07, 6.45) is 1.81. The van der Waals surface area contributed by atoms with Gasteiger partial charge in [0.2, 0.25) is 5.43 Å². The van der Waals surface area contributed by atoms with E-state index in [-0.39, 0.29) is 16.8 Å². The fourth-order valence-electron chi connectivity index (χ4n) is 3.84. The Morgan fingerprint density at radius 2 is 1.80 bits per heavy atom. The minimum Gasteiger partial charge on any atom is -0.493 e. The first-order chi connectivity index (χ1) is 14.5. The predicted octanol–water partition coefficient (Wildman–Crippen LogP) is 5.95. The highest BCUT2D eigenvalue weighted by atomic mass is 32.2. The normalized spacial score (nSPS) is 16.4. The first-order valence-corrected chi connectivity index (χ1v) is 11.1. The molecular weight excluding hydrogens is 392 g/mol. The molecule has 1 aliphatic rings. The zero-order valence-electron chi connectivity index (χ0n) is 17.7. The highest BCUT2D eigenvalue weighted by Crippen LogP contribution is 2.53. The standard InChI is InChI=1S/C25H26N2O2S/c1-16(2)18-12-13-19(24(28)22(15-18)29-4)25-27(17(3)20-9-7-8-14-26-20)21-10-5-6-11-23(21)30-25/h5-17,25H,1-4H3. The van der Waals surface area contributed by atoms with Gasteiger partial charge in [-0.05, 0) is 48.7 Å². The number of hydrogen-bond acceptors (Lipinski definition) is 5. The van der Waals surface area contributed by atoms with Crippen LogP contribution in [0.3, 0.4) is 0 Å². The number of aromatic nitrogens is 1. The lowest BCUT2D eigenvalue weighted by atomic mass is 10.1.